The van der Waals surface area contributed by atoms with Crippen LogP contribution in [0.25, 0.3) is 0 Å². The van der Waals surface area contributed by atoms with E-state index in [4.69, 9.17) is 9.47 Å². The van der Waals surface area contributed by atoms with Gasteiger partial charge in [-0.15, -0.1) is 0 Å². The van der Waals surface area contributed by atoms with E-state index in [2.05, 4.69) is 0 Å². The Hall–Kier alpha value is -1.22. The largest absolute Gasteiger partial charge is 0.463 e. The molecule has 8 heteroatoms. The van der Waals surface area contributed by atoms with E-state index in [-0.39, 0.29) is 18.6 Å². The van der Waals surface area contributed by atoms with Gasteiger partial charge in [-0.3, -0.25) is 9.69 Å². The highest BCUT2D eigenvalue weighted by Gasteiger charge is 2.59. The van der Waals surface area contributed by atoms with Crippen molar-refractivity contribution >= 4 is 11.9 Å². The first-order valence-corrected chi connectivity index (χ1v) is 9.23. The maximum Gasteiger partial charge on any atom is 0.340 e. The third-order valence-electron chi connectivity index (χ3n) is 6.44. The molecule has 7 atom stereocenters. The van der Waals surface area contributed by atoms with Crippen LogP contribution in [-0.2, 0) is 19.1 Å². The second kappa shape index (κ2) is 6.44. The summed E-state index contributed by atoms with van der Waals surface area (Å²) in [6.45, 7) is 6.87. The van der Waals surface area contributed by atoms with Gasteiger partial charge in [0.25, 0.3) is 0 Å². The highest BCUT2D eigenvalue weighted by atomic mass is 16.6. The number of rotatable bonds is 1. The molecule has 0 aromatic rings. The van der Waals surface area contributed by atoms with Crippen LogP contribution in [0.5, 0.6) is 0 Å². The molecule has 3 aliphatic heterocycles. The van der Waals surface area contributed by atoms with Gasteiger partial charge in [-0.1, -0.05) is 13.8 Å². The SMILES string of the molecule is CC(C)[C@@H]1C(=O)O[C@@H]2CCN3C[C@H](O)[C@H](COC(=O)[C@](C)(O)[C@@]1(C)O)[C@H]23. The maximum absolute atomic E-state index is 12.9. The van der Waals surface area contributed by atoms with Crippen LogP contribution < -0.4 is 0 Å². The topological polar surface area (TPSA) is 117 Å². The first-order valence-electron chi connectivity index (χ1n) is 9.23. The molecule has 148 valence electrons. The summed E-state index contributed by atoms with van der Waals surface area (Å²) in [7, 11) is 0. The van der Waals surface area contributed by atoms with E-state index in [1.807, 2.05) is 4.90 Å². The highest BCUT2D eigenvalue weighted by Crippen LogP contribution is 2.40. The van der Waals surface area contributed by atoms with Gasteiger partial charge in [0.15, 0.2) is 5.60 Å². The van der Waals surface area contributed by atoms with Crippen molar-refractivity contribution in [1.29, 1.82) is 0 Å². The maximum atomic E-state index is 12.9. The number of carbonyl (C=O) groups is 2. The van der Waals surface area contributed by atoms with Gasteiger partial charge in [0, 0.05) is 19.0 Å². The van der Waals surface area contributed by atoms with Crippen LogP contribution in [-0.4, -0.2) is 81.3 Å². The number of hydrogen-bond acceptors (Lipinski definition) is 8. The Morgan fingerprint density at radius 1 is 1.23 bits per heavy atom. The molecule has 0 unspecified atom stereocenters. The van der Waals surface area contributed by atoms with Gasteiger partial charge in [-0.05, 0) is 26.2 Å². The Morgan fingerprint density at radius 2 is 1.88 bits per heavy atom. The monoisotopic (exact) mass is 371 g/mol. The van der Waals surface area contributed by atoms with Crippen molar-refractivity contribution < 1.29 is 34.4 Å². The molecule has 0 amide bonds. The smallest absolute Gasteiger partial charge is 0.340 e. The number of aliphatic hydroxyl groups is 3. The minimum Gasteiger partial charge on any atom is -0.463 e. The minimum atomic E-state index is -2.30. The van der Waals surface area contributed by atoms with Crippen LogP contribution in [0.2, 0.25) is 0 Å². The van der Waals surface area contributed by atoms with Gasteiger partial charge in [0.1, 0.15) is 11.7 Å². The molecule has 3 saturated heterocycles. The Kier molecular flexibility index (Phi) is 4.84. The van der Waals surface area contributed by atoms with Crippen molar-refractivity contribution in [1.82, 2.24) is 4.90 Å². The molecule has 3 fully saturated rings. The molecule has 3 rings (SSSR count). The summed E-state index contributed by atoms with van der Waals surface area (Å²) >= 11 is 0. The minimum absolute atomic E-state index is 0.103. The number of hydrogen-bond donors (Lipinski definition) is 3. The summed E-state index contributed by atoms with van der Waals surface area (Å²) in [6.07, 6.45) is -0.526. The first kappa shape index (κ1) is 19.5. The molecule has 3 N–H and O–H groups in total. The lowest BCUT2D eigenvalue weighted by atomic mass is 9.71. The summed E-state index contributed by atoms with van der Waals surface area (Å²) in [4.78, 5) is 27.5. The molecular weight excluding hydrogens is 342 g/mol. The van der Waals surface area contributed by atoms with Crippen molar-refractivity contribution in [2.24, 2.45) is 17.8 Å². The van der Waals surface area contributed by atoms with E-state index in [0.717, 1.165) is 6.92 Å². The highest BCUT2D eigenvalue weighted by molar-refractivity contribution is 5.83. The summed E-state index contributed by atoms with van der Waals surface area (Å²) in [5.74, 6) is -3.55. The molecule has 0 aromatic carbocycles. The molecule has 3 aliphatic rings. The van der Waals surface area contributed by atoms with Crippen LogP contribution in [0.15, 0.2) is 0 Å². The second-order valence-electron chi connectivity index (χ2n) is 8.52. The zero-order valence-electron chi connectivity index (χ0n) is 15.7. The van der Waals surface area contributed by atoms with E-state index in [1.165, 1.54) is 6.92 Å². The first-order chi connectivity index (χ1) is 12.0. The standard InChI is InChI=1S/C18H29NO7/c1-9(2)13-15(21)26-12-5-6-19-7-11(20)10(14(12)19)8-25-16(22)18(4,24)17(13,3)23/h9-14,20,23-24H,5-8H2,1-4H3/t10-,11-,12+,13+,14+,17-,18-/m0/s1. The van der Waals surface area contributed by atoms with Crippen molar-refractivity contribution in [3.8, 4) is 0 Å². The molecule has 0 aromatic heterocycles. The molecule has 0 saturated carbocycles. The van der Waals surface area contributed by atoms with Crippen LogP contribution in [0.3, 0.4) is 0 Å². The summed E-state index contributed by atoms with van der Waals surface area (Å²) < 4.78 is 11.0. The van der Waals surface area contributed by atoms with Crippen molar-refractivity contribution in [3.63, 3.8) is 0 Å². The Balaban J connectivity index is 2.01. The Bertz CT molecular complexity index is 588. The van der Waals surface area contributed by atoms with Crippen molar-refractivity contribution in [2.75, 3.05) is 19.7 Å². The number of ether oxygens (including phenoxy) is 2. The third kappa shape index (κ3) is 2.83. The van der Waals surface area contributed by atoms with Gasteiger partial charge < -0.3 is 24.8 Å². The molecule has 26 heavy (non-hydrogen) atoms. The van der Waals surface area contributed by atoms with Gasteiger partial charge in [0.05, 0.1) is 24.7 Å². The number of nitrogens with zero attached hydrogens (tertiary/aromatic N) is 1. The molecule has 0 spiro atoms. The summed E-state index contributed by atoms with van der Waals surface area (Å²) in [5.41, 5.74) is -4.38. The number of aliphatic hydroxyl groups excluding tert-OH is 1. The van der Waals surface area contributed by atoms with Crippen LogP contribution in [0.4, 0.5) is 0 Å². The fourth-order valence-corrected chi connectivity index (χ4v) is 4.74. The number of esters is 2. The molecular formula is C18H29NO7. The average Bonchev–Trinajstić information content (AvgIpc) is 3.02. The zero-order valence-corrected chi connectivity index (χ0v) is 15.7. The van der Waals surface area contributed by atoms with Crippen LogP contribution in [0, 0.1) is 17.8 Å². The predicted octanol–water partition coefficient (Wildman–Crippen LogP) is -0.706. The van der Waals surface area contributed by atoms with E-state index < -0.39 is 47.2 Å². The normalized spacial score (nSPS) is 47.3. The zero-order chi connectivity index (χ0) is 19.4. The Morgan fingerprint density at radius 3 is 2.50 bits per heavy atom. The summed E-state index contributed by atoms with van der Waals surface area (Å²) in [5, 5.41) is 32.1. The molecule has 0 radical (unpaired) electrons. The van der Waals surface area contributed by atoms with Gasteiger partial charge in [-0.2, -0.15) is 0 Å². The lowest BCUT2D eigenvalue weighted by Crippen LogP contribution is -2.63. The number of carbonyl (C=O) groups excluding carboxylic acids is 2. The van der Waals surface area contributed by atoms with Crippen molar-refractivity contribution in [2.45, 2.75) is 63.6 Å². The third-order valence-corrected chi connectivity index (χ3v) is 6.44. The average molecular weight is 371 g/mol. The lowest BCUT2D eigenvalue weighted by Gasteiger charge is -2.42. The van der Waals surface area contributed by atoms with E-state index in [9.17, 15) is 24.9 Å². The van der Waals surface area contributed by atoms with Crippen LogP contribution >= 0.6 is 0 Å². The van der Waals surface area contributed by atoms with Crippen LogP contribution in [0.1, 0.15) is 34.1 Å². The lowest BCUT2D eigenvalue weighted by molar-refractivity contribution is -0.211. The van der Waals surface area contributed by atoms with E-state index in [1.54, 1.807) is 13.8 Å². The predicted molar refractivity (Wildman–Crippen MR) is 89.9 cm³/mol. The van der Waals surface area contributed by atoms with E-state index in [0.29, 0.717) is 19.5 Å². The molecule has 8 nitrogen and oxygen atoms in total. The quantitative estimate of drug-likeness (QED) is 0.518. The van der Waals surface area contributed by atoms with Gasteiger partial charge >= 0.3 is 11.9 Å². The molecule has 3 heterocycles. The summed E-state index contributed by atoms with van der Waals surface area (Å²) in [6, 6.07) is -0.234. The fourth-order valence-electron chi connectivity index (χ4n) is 4.74. The Labute approximate surface area is 153 Å². The fraction of sp³-hybridized carbons (Fsp3) is 0.889. The van der Waals surface area contributed by atoms with Crippen molar-refractivity contribution in [3.05, 3.63) is 0 Å². The second-order valence-corrected chi connectivity index (χ2v) is 8.52. The van der Waals surface area contributed by atoms with E-state index >= 15 is 0 Å². The van der Waals surface area contributed by atoms with Gasteiger partial charge in [0.2, 0.25) is 0 Å². The van der Waals surface area contributed by atoms with Gasteiger partial charge in [-0.25, -0.2) is 4.79 Å². The molecule has 0 bridgehead atoms. The number of cyclic esters (lactones) is 1. The molecule has 0 aliphatic carbocycles.